The highest BCUT2D eigenvalue weighted by Gasteiger charge is 2.09. The van der Waals surface area contributed by atoms with Crippen molar-refractivity contribution in [3.05, 3.63) is 95.5 Å². The Morgan fingerprint density at radius 2 is 1.08 bits per heavy atom. The summed E-state index contributed by atoms with van der Waals surface area (Å²) in [5.41, 5.74) is 5.28. The number of fused-ring (bicyclic) bond motifs is 1. The fourth-order valence-electron chi connectivity index (χ4n) is 3.16. The minimum absolute atomic E-state index is 0.672. The van der Waals surface area contributed by atoms with Crippen molar-refractivity contribution in [2.24, 2.45) is 0 Å². The summed E-state index contributed by atoms with van der Waals surface area (Å²) >= 11 is 6.02. The van der Waals surface area contributed by atoms with E-state index in [0.29, 0.717) is 5.56 Å². The lowest BCUT2D eigenvalue weighted by Gasteiger charge is -2.12. The van der Waals surface area contributed by atoms with Crippen molar-refractivity contribution in [2.75, 3.05) is 0 Å². The second-order valence-corrected chi connectivity index (χ2v) is 6.34. The van der Waals surface area contributed by atoms with Crippen molar-refractivity contribution in [1.82, 2.24) is 0 Å². The van der Waals surface area contributed by atoms with Gasteiger partial charge in [0.25, 0.3) is 0 Å². The van der Waals surface area contributed by atoms with Crippen molar-refractivity contribution in [3.63, 3.8) is 0 Å². The standard InChI is InChI=1S/C23H14ClN/c24-19-11-9-18(10-12-19)21-14-13-20(22-3-1-2-4-23(21)22)17-7-5-16(15-25)6-8-17/h1-14H. The molecule has 0 aromatic heterocycles. The van der Waals surface area contributed by atoms with E-state index >= 15 is 0 Å². The smallest absolute Gasteiger partial charge is 0.0991 e. The zero-order valence-electron chi connectivity index (χ0n) is 13.4. The molecule has 0 bridgehead atoms. The van der Waals surface area contributed by atoms with Crippen molar-refractivity contribution >= 4 is 22.4 Å². The van der Waals surface area contributed by atoms with E-state index in [1.165, 1.54) is 16.3 Å². The van der Waals surface area contributed by atoms with Crippen LogP contribution in [0.5, 0.6) is 0 Å². The third kappa shape index (κ3) is 2.89. The van der Waals surface area contributed by atoms with Gasteiger partial charge in [-0.3, -0.25) is 0 Å². The molecular formula is C23H14ClN. The predicted molar refractivity (Wildman–Crippen MR) is 105 cm³/mol. The summed E-state index contributed by atoms with van der Waals surface area (Å²) in [5, 5.41) is 12.1. The van der Waals surface area contributed by atoms with Crippen LogP contribution in [0.2, 0.25) is 5.02 Å². The third-order valence-electron chi connectivity index (χ3n) is 4.40. The van der Waals surface area contributed by atoms with Crippen LogP contribution in [0.1, 0.15) is 5.56 Å². The van der Waals surface area contributed by atoms with Crippen molar-refractivity contribution in [3.8, 4) is 28.3 Å². The lowest BCUT2D eigenvalue weighted by Crippen LogP contribution is -1.86. The SMILES string of the molecule is N#Cc1ccc(-c2ccc(-c3ccc(Cl)cc3)c3ccccc23)cc1. The number of hydrogen-bond acceptors (Lipinski definition) is 1. The molecular weight excluding hydrogens is 326 g/mol. The zero-order chi connectivity index (χ0) is 17.2. The molecule has 0 radical (unpaired) electrons. The van der Waals surface area contributed by atoms with Gasteiger partial charge in [0.15, 0.2) is 0 Å². The van der Waals surface area contributed by atoms with Crippen LogP contribution in [0.15, 0.2) is 84.9 Å². The van der Waals surface area contributed by atoms with E-state index in [-0.39, 0.29) is 0 Å². The van der Waals surface area contributed by atoms with Crippen LogP contribution in [-0.2, 0) is 0 Å². The summed E-state index contributed by atoms with van der Waals surface area (Å²) in [6.07, 6.45) is 0. The molecule has 0 aliphatic carbocycles. The molecule has 0 saturated carbocycles. The Kier molecular flexibility index (Phi) is 3.98. The molecule has 0 aliphatic rings. The van der Waals surface area contributed by atoms with Crippen LogP contribution in [0.4, 0.5) is 0 Å². The molecule has 0 unspecified atom stereocenters. The van der Waals surface area contributed by atoms with E-state index in [2.05, 4.69) is 42.5 Å². The Balaban J connectivity index is 1.92. The fraction of sp³-hybridized carbons (Fsp3) is 0. The molecule has 0 N–H and O–H groups in total. The van der Waals surface area contributed by atoms with Gasteiger partial charge in [-0.15, -0.1) is 0 Å². The highest BCUT2D eigenvalue weighted by atomic mass is 35.5. The maximum absolute atomic E-state index is 8.99. The van der Waals surface area contributed by atoms with Crippen LogP contribution in [-0.4, -0.2) is 0 Å². The van der Waals surface area contributed by atoms with Crippen LogP contribution in [0.3, 0.4) is 0 Å². The predicted octanol–water partition coefficient (Wildman–Crippen LogP) is 6.70. The number of rotatable bonds is 2. The van der Waals surface area contributed by atoms with Gasteiger partial charge in [0, 0.05) is 5.02 Å². The van der Waals surface area contributed by atoms with E-state index in [9.17, 15) is 0 Å². The maximum Gasteiger partial charge on any atom is 0.0991 e. The summed E-state index contributed by atoms with van der Waals surface area (Å²) in [6, 6.07) is 30.5. The molecule has 0 spiro atoms. The van der Waals surface area contributed by atoms with E-state index in [1.54, 1.807) is 0 Å². The largest absolute Gasteiger partial charge is 0.192 e. The van der Waals surface area contributed by atoms with Crippen molar-refractivity contribution in [1.29, 1.82) is 5.26 Å². The number of nitrogens with zero attached hydrogens (tertiary/aromatic N) is 1. The molecule has 4 aromatic rings. The molecule has 118 valence electrons. The van der Waals surface area contributed by atoms with Gasteiger partial charge in [-0.1, -0.05) is 72.3 Å². The summed E-state index contributed by atoms with van der Waals surface area (Å²) in [6.45, 7) is 0. The molecule has 0 heterocycles. The van der Waals surface area contributed by atoms with E-state index in [1.807, 2.05) is 48.5 Å². The lowest BCUT2D eigenvalue weighted by atomic mass is 9.92. The Hall–Kier alpha value is -3.08. The first kappa shape index (κ1) is 15.4. The molecule has 2 heteroatoms. The summed E-state index contributed by atoms with van der Waals surface area (Å²) in [4.78, 5) is 0. The number of benzene rings is 4. The summed E-state index contributed by atoms with van der Waals surface area (Å²) < 4.78 is 0. The number of nitriles is 1. The molecule has 0 atom stereocenters. The monoisotopic (exact) mass is 339 g/mol. The van der Waals surface area contributed by atoms with Crippen molar-refractivity contribution in [2.45, 2.75) is 0 Å². The lowest BCUT2D eigenvalue weighted by molar-refractivity contribution is 1.48. The zero-order valence-corrected chi connectivity index (χ0v) is 14.2. The van der Waals surface area contributed by atoms with Gasteiger partial charge in [0.2, 0.25) is 0 Å². The molecule has 4 aromatic carbocycles. The minimum Gasteiger partial charge on any atom is -0.192 e. The molecule has 4 rings (SSSR count). The Morgan fingerprint density at radius 1 is 0.600 bits per heavy atom. The molecule has 0 fully saturated rings. The first-order valence-electron chi connectivity index (χ1n) is 8.04. The maximum atomic E-state index is 8.99. The average molecular weight is 340 g/mol. The van der Waals surface area contributed by atoms with E-state index in [4.69, 9.17) is 16.9 Å². The molecule has 25 heavy (non-hydrogen) atoms. The van der Waals surface area contributed by atoms with Gasteiger partial charge in [0.1, 0.15) is 0 Å². The van der Waals surface area contributed by atoms with Gasteiger partial charge in [0.05, 0.1) is 11.6 Å². The Morgan fingerprint density at radius 3 is 1.56 bits per heavy atom. The van der Waals surface area contributed by atoms with Crippen molar-refractivity contribution < 1.29 is 0 Å². The normalized spacial score (nSPS) is 10.6. The van der Waals surface area contributed by atoms with Gasteiger partial charge in [-0.25, -0.2) is 0 Å². The van der Waals surface area contributed by atoms with E-state index in [0.717, 1.165) is 21.7 Å². The Labute approximate surface area is 151 Å². The van der Waals surface area contributed by atoms with Gasteiger partial charge in [-0.2, -0.15) is 5.26 Å². The molecule has 0 saturated heterocycles. The average Bonchev–Trinajstić information content (AvgIpc) is 2.68. The quantitative estimate of drug-likeness (QED) is 0.398. The summed E-state index contributed by atoms with van der Waals surface area (Å²) in [5.74, 6) is 0. The summed E-state index contributed by atoms with van der Waals surface area (Å²) in [7, 11) is 0. The fourth-order valence-corrected chi connectivity index (χ4v) is 3.28. The number of halogens is 1. The Bertz CT molecular complexity index is 1090. The topological polar surface area (TPSA) is 23.8 Å². The van der Waals surface area contributed by atoms with E-state index < -0.39 is 0 Å². The first-order valence-corrected chi connectivity index (χ1v) is 8.42. The second kappa shape index (κ2) is 6.43. The van der Waals surface area contributed by atoms with Crippen LogP contribution >= 0.6 is 11.6 Å². The van der Waals surface area contributed by atoms with Gasteiger partial charge in [-0.05, 0) is 57.3 Å². The van der Waals surface area contributed by atoms with Gasteiger partial charge < -0.3 is 0 Å². The molecule has 1 nitrogen and oxygen atoms in total. The highest BCUT2D eigenvalue weighted by molar-refractivity contribution is 6.30. The van der Waals surface area contributed by atoms with Crippen LogP contribution in [0.25, 0.3) is 33.0 Å². The first-order chi connectivity index (χ1) is 12.3. The highest BCUT2D eigenvalue weighted by Crippen LogP contribution is 2.35. The van der Waals surface area contributed by atoms with Crippen LogP contribution in [0, 0.1) is 11.3 Å². The molecule has 0 amide bonds. The molecule has 0 aliphatic heterocycles. The minimum atomic E-state index is 0.672. The van der Waals surface area contributed by atoms with Gasteiger partial charge >= 0.3 is 0 Å². The van der Waals surface area contributed by atoms with Crippen LogP contribution < -0.4 is 0 Å². The number of hydrogen-bond donors (Lipinski definition) is 0. The third-order valence-corrected chi connectivity index (χ3v) is 4.66. The second-order valence-electron chi connectivity index (χ2n) is 5.90.